The van der Waals surface area contributed by atoms with Crippen LogP contribution >= 0.6 is 11.3 Å². The van der Waals surface area contributed by atoms with Gasteiger partial charge in [-0.15, -0.1) is 11.3 Å². The van der Waals surface area contributed by atoms with E-state index < -0.39 is 5.91 Å². The first-order valence-electron chi connectivity index (χ1n) is 8.58. The first kappa shape index (κ1) is 19.6. The number of nitrogens with zero attached hydrogens (tertiary/aromatic N) is 1. The van der Waals surface area contributed by atoms with Gasteiger partial charge in [0.15, 0.2) is 5.13 Å². The number of nitrogens with two attached hydrogens (primary N) is 1. The molecule has 1 aromatic carbocycles. The van der Waals surface area contributed by atoms with E-state index in [9.17, 15) is 9.59 Å². The van der Waals surface area contributed by atoms with E-state index in [1.807, 2.05) is 26.8 Å². The van der Waals surface area contributed by atoms with E-state index in [4.69, 9.17) is 14.9 Å². The van der Waals surface area contributed by atoms with Crippen molar-refractivity contribution in [3.05, 3.63) is 46.2 Å². The molecule has 2 amide bonds. The molecule has 0 saturated heterocycles. The van der Waals surface area contributed by atoms with Gasteiger partial charge in [0.1, 0.15) is 11.3 Å². The van der Waals surface area contributed by atoms with E-state index in [1.54, 1.807) is 18.8 Å². The second kappa shape index (κ2) is 7.85. The lowest BCUT2D eigenvalue weighted by atomic mass is 9.98. The van der Waals surface area contributed by atoms with Crippen molar-refractivity contribution in [2.75, 3.05) is 12.4 Å². The minimum atomic E-state index is -0.466. The van der Waals surface area contributed by atoms with Crippen LogP contribution in [0, 0.1) is 13.8 Å². The minimum absolute atomic E-state index is 0.0434. The highest BCUT2D eigenvalue weighted by Crippen LogP contribution is 2.37. The molecule has 0 aliphatic rings. The Bertz CT molecular complexity index is 1090. The van der Waals surface area contributed by atoms with E-state index in [-0.39, 0.29) is 12.3 Å². The van der Waals surface area contributed by atoms with E-state index in [0.29, 0.717) is 16.6 Å². The Hall–Kier alpha value is -3.13. The lowest BCUT2D eigenvalue weighted by Gasteiger charge is -2.13. The molecule has 0 unspecified atom stereocenters. The molecular formula is C20H21N3O4S. The van der Waals surface area contributed by atoms with Crippen molar-refractivity contribution in [2.24, 2.45) is 5.73 Å². The van der Waals surface area contributed by atoms with Crippen LogP contribution in [0.4, 0.5) is 5.13 Å². The molecular weight excluding hydrogens is 378 g/mol. The number of methoxy groups -OCH3 is 1. The van der Waals surface area contributed by atoms with Gasteiger partial charge < -0.3 is 14.9 Å². The lowest BCUT2D eigenvalue weighted by molar-refractivity contribution is -0.117. The van der Waals surface area contributed by atoms with Gasteiger partial charge in [0.2, 0.25) is 11.8 Å². The lowest BCUT2D eigenvalue weighted by Crippen LogP contribution is -2.14. The van der Waals surface area contributed by atoms with Crippen molar-refractivity contribution in [2.45, 2.75) is 27.2 Å². The van der Waals surface area contributed by atoms with Gasteiger partial charge in [0.25, 0.3) is 0 Å². The average molecular weight is 399 g/mol. The summed E-state index contributed by atoms with van der Waals surface area (Å²) < 4.78 is 11.2. The molecule has 3 N–H and O–H groups in total. The standard InChI is InChI=1S/C20H21N3O4S/c1-10(5-17(25)23-20-22-13(9-28-20)6-16(21)24)14-7-15-11(2)8-27-19(15)12(3)18(14)26-4/h5,7-9H,6H2,1-4H3,(H2,21,24)(H,22,23,25)/b10-5+. The second-order valence-corrected chi connectivity index (χ2v) is 7.34. The topological polar surface area (TPSA) is 107 Å². The second-order valence-electron chi connectivity index (χ2n) is 6.48. The Kier molecular flexibility index (Phi) is 5.51. The fourth-order valence-corrected chi connectivity index (χ4v) is 3.75. The average Bonchev–Trinajstić information content (AvgIpc) is 3.21. The Morgan fingerprint density at radius 3 is 2.82 bits per heavy atom. The monoisotopic (exact) mass is 399 g/mol. The van der Waals surface area contributed by atoms with Crippen LogP contribution in [0.15, 0.2) is 28.2 Å². The zero-order chi connectivity index (χ0) is 20.4. The van der Waals surface area contributed by atoms with E-state index in [1.165, 1.54) is 17.4 Å². The Balaban J connectivity index is 1.88. The number of carbonyl (C=O) groups is 2. The maximum atomic E-state index is 12.4. The summed E-state index contributed by atoms with van der Waals surface area (Å²) >= 11 is 1.24. The van der Waals surface area contributed by atoms with Gasteiger partial charge >= 0.3 is 0 Å². The van der Waals surface area contributed by atoms with Crippen molar-refractivity contribution < 1.29 is 18.7 Å². The molecule has 0 aliphatic carbocycles. The summed E-state index contributed by atoms with van der Waals surface area (Å²) in [6.07, 6.45) is 3.24. The number of anilines is 1. The number of benzene rings is 1. The van der Waals surface area contributed by atoms with Crippen molar-refractivity contribution in [1.29, 1.82) is 0 Å². The number of rotatable bonds is 6. The normalized spacial score (nSPS) is 11.6. The van der Waals surface area contributed by atoms with Crippen LogP contribution in [-0.4, -0.2) is 23.9 Å². The van der Waals surface area contributed by atoms with E-state index >= 15 is 0 Å². The number of furan rings is 1. The molecule has 0 fully saturated rings. The van der Waals surface area contributed by atoms with Gasteiger partial charge in [-0.2, -0.15) is 0 Å². The molecule has 0 saturated carbocycles. The first-order valence-corrected chi connectivity index (χ1v) is 9.45. The van der Waals surface area contributed by atoms with Gasteiger partial charge in [-0.25, -0.2) is 4.98 Å². The summed E-state index contributed by atoms with van der Waals surface area (Å²) in [6, 6.07) is 1.97. The van der Waals surface area contributed by atoms with Gasteiger partial charge in [-0.3, -0.25) is 14.9 Å². The molecule has 7 nitrogen and oxygen atoms in total. The van der Waals surface area contributed by atoms with Gasteiger partial charge in [0, 0.05) is 28.0 Å². The molecule has 2 aromatic heterocycles. The summed E-state index contributed by atoms with van der Waals surface area (Å²) in [4.78, 5) is 27.6. The number of primary amides is 1. The number of nitrogens with one attached hydrogen (secondary N) is 1. The number of aryl methyl sites for hydroxylation is 2. The Morgan fingerprint density at radius 2 is 2.14 bits per heavy atom. The first-order chi connectivity index (χ1) is 13.3. The number of carbonyl (C=O) groups excluding carboxylic acids is 2. The maximum absolute atomic E-state index is 12.4. The predicted molar refractivity (Wildman–Crippen MR) is 110 cm³/mol. The van der Waals surface area contributed by atoms with Gasteiger partial charge in [-0.1, -0.05) is 0 Å². The highest BCUT2D eigenvalue weighted by Gasteiger charge is 2.17. The molecule has 3 rings (SSSR count). The zero-order valence-corrected chi connectivity index (χ0v) is 16.9. The molecule has 28 heavy (non-hydrogen) atoms. The highest BCUT2D eigenvalue weighted by atomic mass is 32.1. The van der Waals surface area contributed by atoms with E-state index in [0.717, 1.165) is 33.2 Å². The maximum Gasteiger partial charge on any atom is 0.250 e. The summed E-state index contributed by atoms with van der Waals surface area (Å²) in [5.41, 5.74) is 9.93. The van der Waals surface area contributed by atoms with Gasteiger partial charge in [-0.05, 0) is 38.0 Å². The molecule has 146 valence electrons. The van der Waals surface area contributed by atoms with Crippen LogP contribution in [0.5, 0.6) is 5.75 Å². The SMILES string of the molecule is COc1c(/C(C)=C/C(=O)Nc2nc(CC(N)=O)cs2)cc2c(C)coc2c1C. The summed E-state index contributed by atoms with van der Waals surface area (Å²) in [6.45, 7) is 5.74. The molecule has 0 bridgehead atoms. The summed E-state index contributed by atoms with van der Waals surface area (Å²) in [5.74, 6) is -0.117. The van der Waals surface area contributed by atoms with E-state index in [2.05, 4.69) is 10.3 Å². The third kappa shape index (κ3) is 3.91. The zero-order valence-electron chi connectivity index (χ0n) is 16.1. The number of ether oxygens (including phenoxy) is 1. The highest BCUT2D eigenvalue weighted by molar-refractivity contribution is 7.14. The Morgan fingerprint density at radius 1 is 1.39 bits per heavy atom. The van der Waals surface area contributed by atoms with Crippen LogP contribution in [0.1, 0.15) is 29.3 Å². The van der Waals surface area contributed by atoms with Crippen LogP contribution < -0.4 is 15.8 Å². The largest absolute Gasteiger partial charge is 0.496 e. The van der Waals surface area contributed by atoms with Crippen molar-refractivity contribution >= 4 is 44.8 Å². The number of hydrogen-bond donors (Lipinski definition) is 2. The molecule has 0 atom stereocenters. The third-order valence-corrected chi connectivity index (χ3v) is 5.16. The number of amides is 2. The van der Waals surface area contributed by atoms with Crippen LogP contribution in [-0.2, 0) is 16.0 Å². The predicted octanol–water partition coefficient (Wildman–Crippen LogP) is 3.58. The number of aromatic nitrogens is 1. The molecule has 8 heteroatoms. The molecule has 2 heterocycles. The third-order valence-electron chi connectivity index (χ3n) is 4.35. The fourth-order valence-electron chi connectivity index (χ4n) is 3.03. The molecule has 0 spiro atoms. The summed E-state index contributed by atoms with van der Waals surface area (Å²) in [7, 11) is 1.59. The fraction of sp³-hybridized carbons (Fsp3) is 0.250. The smallest absolute Gasteiger partial charge is 0.250 e. The van der Waals surface area contributed by atoms with Crippen molar-refractivity contribution in [3.63, 3.8) is 0 Å². The van der Waals surface area contributed by atoms with Crippen molar-refractivity contribution in [1.82, 2.24) is 4.98 Å². The van der Waals surface area contributed by atoms with Gasteiger partial charge in [0.05, 0.1) is 25.5 Å². The summed E-state index contributed by atoms with van der Waals surface area (Å²) in [5, 5.41) is 5.80. The van der Waals surface area contributed by atoms with Crippen LogP contribution in [0.3, 0.4) is 0 Å². The molecule has 0 radical (unpaired) electrons. The minimum Gasteiger partial charge on any atom is -0.496 e. The Labute approximate surface area is 166 Å². The van der Waals surface area contributed by atoms with Crippen LogP contribution in [0.2, 0.25) is 0 Å². The molecule has 3 aromatic rings. The number of allylic oxidation sites excluding steroid dienone is 1. The van der Waals surface area contributed by atoms with Crippen LogP contribution in [0.25, 0.3) is 16.5 Å². The quantitative estimate of drug-likeness (QED) is 0.616. The number of thiazole rings is 1. The number of fused-ring (bicyclic) bond motifs is 1. The van der Waals surface area contributed by atoms with Crippen molar-refractivity contribution in [3.8, 4) is 5.75 Å². The molecule has 0 aliphatic heterocycles. The number of hydrogen-bond acceptors (Lipinski definition) is 6.